The molecule has 2 unspecified atom stereocenters. The molecule has 4 aliphatic rings. The second-order valence-electron chi connectivity index (χ2n) is 18.9. The number of fused-ring (bicyclic) bond motifs is 2. The SMILES string of the molecule is Cc1cn([C@H]2C[C@H](O)[C@@H](COP(=O)(O)O[C@H]3C[C@H](n4cnc5c(=O)[nH]c(N)nc54)O[C@@H]3COP(=O)(O)O)O2)c(=O)[nH]c1=O.Nc1ccn([C@@H]2C[C@H](OP(=O)(O)OC[C@H]3O[C@@H](n4cnc5c(N)ncnc54)C[C@@H]3O)[C@@H](COP(=O)(O)O)O2)c(=O)n1. The van der Waals surface area contributed by atoms with Crippen LogP contribution >= 0.6 is 31.3 Å². The number of aromatic nitrogens is 12. The second-order valence-corrected chi connectivity index (χ2v) is 24.2. The van der Waals surface area contributed by atoms with Crippen molar-refractivity contribution in [1.82, 2.24) is 58.1 Å². The Labute approximate surface area is 466 Å². The molecule has 16 N–H and O–H groups in total. The van der Waals surface area contributed by atoms with Crippen molar-refractivity contribution >= 4 is 71.2 Å². The molecule has 45 heteroatoms. The van der Waals surface area contributed by atoms with Gasteiger partial charge in [0.2, 0.25) is 5.95 Å². The first kappa shape index (κ1) is 62.6. The summed E-state index contributed by atoms with van der Waals surface area (Å²) < 4.78 is 106. The van der Waals surface area contributed by atoms with Crippen LogP contribution in [0.3, 0.4) is 0 Å². The largest absolute Gasteiger partial charge is 0.472 e. The van der Waals surface area contributed by atoms with E-state index in [1.807, 2.05) is 0 Å². The molecule has 0 radical (unpaired) electrons. The van der Waals surface area contributed by atoms with Gasteiger partial charge in [0.15, 0.2) is 22.6 Å². The summed E-state index contributed by atoms with van der Waals surface area (Å²) in [6.07, 6.45) is -7.90. The maximum atomic E-state index is 12.9. The van der Waals surface area contributed by atoms with E-state index in [0.29, 0.717) is 11.2 Å². The van der Waals surface area contributed by atoms with Gasteiger partial charge < -0.3 is 75.7 Å². The Morgan fingerprint density at radius 1 is 0.595 bits per heavy atom. The zero-order chi connectivity index (χ0) is 60.8. The fourth-order valence-electron chi connectivity index (χ4n) is 9.10. The van der Waals surface area contributed by atoms with Crippen molar-refractivity contribution in [2.75, 3.05) is 43.6 Å². The molecule has 6 aromatic rings. The van der Waals surface area contributed by atoms with Gasteiger partial charge in [0.1, 0.15) is 79.2 Å². The van der Waals surface area contributed by atoms with E-state index in [0.717, 1.165) is 9.13 Å². The lowest BCUT2D eigenvalue weighted by Gasteiger charge is -2.22. The van der Waals surface area contributed by atoms with Crippen LogP contribution in [0.5, 0.6) is 0 Å². The van der Waals surface area contributed by atoms with Gasteiger partial charge in [0.05, 0.1) is 51.3 Å². The number of H-pyrrole nitrogens is 2. The number of nitrogen functional groups attached to an aromatic ring is 3. The smallest absolute Gasteiger partial charge is 0.390 e. The normalized spacial score (nSPS) is 27.9. The third-order valence-electron chi connectivity index (χ3n) is 13.0. The Balaban J connectivity index is 0.000000202. The monoisotopic (exact) mass is 1270 g/mol. The van der Waals surface area contributed by atoms with Gasteiger partial charge in [-0.3, -0.25) is 65.0 Å². The van der Waals surface area contributed by atoms with Gasteiger partial charge >= 0.3 is 42.7 Å². The van der Waals surface area contributed by atoms with E-state index < -0.39 is 154 Å². The molecule has 6 aromatic heterocycles. The zero-order valence-electron chi connectivity index (χ0n) is 43.0. The number of phosphoric ester groups is 4. The molecule has 10 rings (SSSR count). The van der Waals surface area contributed by atoms with E-state index in [2.05, 4.69) is 48.9 Å². The van der Waals surface area contributed by atoms with Gasteiger partial charge in [-0.05, 0) is 13.0 Å². The molecule has 41 nitrogen and oxygen atoms in total. The molecule has 84 heavy (non-hydrogen) atoms. The van der Waals surface area contributed by atoms with Crippen LogP contribution in [0.2, 0.25) is 0 Å². The van der Waals surface area contributed by atoms with Crippen LogP contribution in [-0.2, 0) is 64.4 Å². The number of hydrogen-bond acceptors (Lipinski definition) is 29. The summed E-state index contributed by atoms with van der Waals surface area (Å²) in [7, 11) is -19.8. The first-order valence-corrected chi connectivity index (χ1v) is 30.5. The van der Waals surface area contributed by atoms with Crippen LogP contribution < -0.4 is 39.7 Å². The van der Waals surface area contributed by atoms with Gasteiger partial charge in [-0.2, -0.15) is 9.97 Å². The van der Waals surface area contributed by atoms with E-state index in [1.165, 1.54) is 53.5 Å². The second kappa shape index (κ2) is 24.8. The Morgan fingerprint density at radius 2 is 1.08 bits per heavy atom. The molecule has 0 bridgehead atoms. The lowest BCUT2D eigenvalue weighted by molar-refractivity contribution is -0.0562. The zero-order valence-corrected chi connectivity index (χ0v) is 46.5. The highest BCUT2D eigenvalue weighted by Crippen LogP contribution is 2.51. The lowest BCUT2D eigenvalue weighted by Crippen LogP contribution is -2.33. The minimum atomic E-state index is -4.98. The number of aliphatic hydroxyl groups is 2. The number of aromatic amines is 2. The van der Waals surface area contributed by atoms with Crippen LogP contribution in [0, 0.1) is 6.92 Å². The van der Waals surface area contributed by atoms with Crippen LogP contribution in [0.15, 0.2) is 56.6 Å². The van der Waals surface area contributed by atoms with Crippen molar-refractivity contribution < 1.29 is 104 Å². The summed E-state index contributed by atoms with van der Waals surface area (Å²) in [6, 6.07) is 1.31. The number of aryl methyl sites for hydroxylation is 1. The van der Waals surface area contributed by atoms with Crippen molar-refractivity contribution in [3.8, 4) is 0 Å². The Hall–Kier alpha value is -5.94. The number of aliphatic hydroxyl groups excluding tert-OH is 2. The van der Waals surface area contributed by atoms with Crippen LogP contribution in [0.1, 0.15) is 56.2 Å². The fraction of sp³-hybridized carbons (Fsp3) is 0.538. The van der Waals surface area contributed by atoms with E-state index in [1.54, 1.807) is 0 Å². The van der Waals surface area contributed by atoms with E-state index in [4.69, 9.17) is 73.8 Å². The number of nitrogens with one attached hydrogen (secondary N) is 2. The van der Waals surface area contributed by atoms with Crippen LogP contribution in [-0.4, -0.2) is 173 Å². The minimum absolute atomic E-state index is 0.00343. The van der Waals surface area contributed by atoms with E-state index in [9.17, 15) is 57.4 Å². The van der Waals surface area contributed by atoms with Crippen LogP contribution in [0.25, 0.3) is 22.3 Å². The molecular formula is C39H53N15O26P4. The number of hydrogen-bond donors (Lipinski definition) is 13. The number of imidazole rings is 2. The van der Waals surface area contributed by atoms with E-state index in [-0.39, 0.29) is 60.0 Å². The molecule has 0 aliphatic carbocycles. The molecule has 0 aromatic carbocycles. The minimum Gasteiger partial charge on any atom is -0.390 e. The van der Waals surface area contributed by atoms with Crippen molar-refractivity contribution in [2.45, 2.75) is 106 Å². The predicted molar refractivity (Wildman–Crippen MR) is 275 cm³/mol. The Kier molecular flexibility index (Phi) is 18.5. The topological polar surface area (TPSA) is 597 Å². The van der Waals surface area contributed by atoms with Gasteiger partial charge in [-0.1, -0.05) is 0 Å². The molecule has 0 amide bonds. The summed E-state index contributed by atoms with van der Waals surface area (Å²) in [6.45, 7) is -1.29. The van der Waals surface area contributed by atoms with Crippen molar-refractivity contribution in [1.29, 1.82) is 0 Å². The number of anilines is 3. The van der Waals surface area contributed by atoms with Crippen molar-refractivity contribution in [2.24, 2.45) is 0 Å². The average Bonchev–Trinajstić information content (AvgIpc) is 4.11. The number of rotatable bonds is 20. The van der Waals surface area contributed by atoms with Gasteiger partial charge in [0.25, 0.3) is 11.1 Å². The number of nitrogens with zero attached hydrogens (tertiary/aromatic N) is 10. The maximum absolute atomic E-state index is 12.9. The molecule has 0 saturated carbocycles. The molecular weight excluding hydrogens is 1220 g/mol. The molecule has 0 spiro atoms. The molecule has 14 atom stereocenters. The van der Waals surface area contributed by atoms with Gasteiger partial charge in [0, 0.05) is 43.6 Å². The number of nitrogens with two attached hydrogens (primary N) is 3. The summed E-state index contributed by atoms with van der Waals surface area (Å²) >= 11 is 0. The molecule has 10 heterocycles. The first-order valence-electron chi connectivity index (χ1n) is 24.4. The van der Waals surface area contributed by atoms with Gasteiger partial charge in [-0.25, -0.2) is 47.8 Å². The third-order valence-corrected chi connectivity index (χ3v) is 16.0. The average molecular weight is 1270 g/mol. The summed E-state index contributed by atoms with van der Waals surface area (Å²) in [4.78, 5) is 134. The third kappa shape index (κ3) is 15.0. The van der Waals surface area contributed by atoms with Gasteiger partial charge in [-0.15, -0.1) is 0 Å². The highest BCUT2D eigenvalue weighted by molar-refractivity contribution is 7.47. The highest BCUT2D eigenvalue weighted by Gasteiger charge is 2.47. The standard InChI is InChI=1S/C20H27N7O14P2.C19H26N8O12P2/c1-8-4-26(20(31)25-17(8)29)13-2-9(28)11(39-13)5-38-43(35,36)41-10-3-14(40-12(10)6-37-42(32,33)34)27-7-22-15-16(27)23-19(21)24-18(15)30;20-13-1-2-26(19(29)25-13)15-4-10(12(38-15)6-35-40(30,31)32)39-41(33,34)36-5-11-9(28)3-14(37-11)27-8-24-16-17(21)22-7-23-18(16)27/h4,7,9-14,28H,2-3,5-6H2,1H3,(H,35,36)(H,25,29,31)(H2,32,33,34)(H3,21,23,24,30);1-2,7-12,14-15,28H,3-6H2,(H,33,34)(H2,20,25,29)(H2,21,22,23)(H2,30,31,32)/t9-,10-,11+,12+,13+,14+;9-,10-,11+,12+,14+,15-/m00/s1. The lowest BCUT2D eigenvalue weighted by atomic mass is 10.2. The first-order chi connectivity index (χ1) is 39.4. The van der Waals surface area contributed by atoms with Crippen LogP contribution in [0.4, 0.5) is 17.6 Å². The quantitative estimate of drug-likeness (QED) is 0.0337. The molecule has 4 fully saturated rings. The number of ether oxygens (including phenoxy) is 4. The Morgan fingerprint density at radius 3 is 1.63 bits per heavy atom. The summed E-state index contributed by atoms with van der Waals surface area (Å²) in [5.74, 6) is -0.117. The fourth-order valence-corrected chi connectivity index (χ4v) is 11.7. The highest BCUT2D eigenvalue weighted by atomic mass is 31.2. The molecule has 4 saturated heterocycles. The summed E-state index contributed by atoms with van der Waals surface area (Å²) in [5.41, 5.74) is 14.9. The molecule has 4 aliphatic heterocycles. The molecule has 460 valence electrons. The van der Waals surface area contributed by atoms with Crippen molar-refractivity contribution in [3.05, 3.63) is 84.7 Å². The van der Waals surface area contributed by atoms with E-state index >= 15 is 0 Å². The maximum Gasteiger partial charge on any atom is 0.472 e. The van der Waals surface area contributed by atoms with Crippen molar-refractivity contribution in [3.63, 3.8) is 0 Å². The summed E-state index contributed by atoms with van der Waals surface area (Å²) in [5, 5.41) is 20.9. The Bertz CT molecular complexity index is 3830. The number of phosphoric acid groups is 4. The predicted octanol–water partition coefficient (Wildman–Crippen LogP) is -3.10.